The van der Waals surface area contributed by atoms with Crippen molar-refractivity contribution >= 4 is 8.80 Å². The number of hydrogen-bond acceptors (Lipinski definition) is 4. The standard InChI is InChI=1S/C8H18O4Si/c1-5-6-8(9)7-13(10-2,11-3)12-4/h5,8-9H,1,6-7H2,2-4H3. The summed E-state index contributed by atoms with van der Waals surface area (Å²) in [7, 11) is 1.97. The van der Waals surface area contributed by atoms with Crippen LogP contribution in [-0.4, -0.2) is 41.3 Å². The number of aliphatic hydroxyl groups excluding tert-OH is 1. The van der Waals surface area contributed by atoms with Crippen LogP contribution in [-0.2, 0) is 13.3 Å². The van der Waals surface area contributed by atoms with Crippen LogP contribution in [0.2, 0.25) is 6.04 Å². The zero-order valence-corrected chi connectivity index (χ0v) is 9.45. The molecule has 0 spiro atoms. The monoisotopic (exact) mass is 206 g/mol. The van der Waals surface area contributed by atoms with Crippen LogP contribution in [0.3, 0.4) is 0 Å². The third-order valence-corrected chi connectivity index (χ3v) is 4.69. The van der Waals surface area contributed by atoms with Crippen molar-refractivity contribution in [1.29, 1.82) is 0 Å². The van der Waals surface area contributed by atoms with Crippen molar-refractivity contribution in [2.24, 2.45) is 0 Å². The maximum absolute atomic E-state index is 9.50. The lowest BCUT2D eigenvalue weighted by molar-refractivity contribution is 0.0979. The van der Waals surface area contributed by atoms with Gasteiger partial charge >= 0.3 is 8.80 Å². The summed E-state index contributed by atoms with van der Waals surface area (Å²) in [6, 6.07) is 0.391. The van der Waals surface area contributed by atoms with Gasteiger partial charge in [-0.15, -0.1) is 6.58 Å². The van der Waals surface area contributed by atoms with Gasteiger partial charge in [-0.25, -0.2) is 0 Å². The van der Waals surface area contributed by atoms with Gasteiger partial charge in [-0.1, -0.05) is 6.08 Å². The topological polar surface area (TPSA) is 47.9 Å². The summed E-state index contributed by atoms with van der Waals surface area (Å²) in [5.74, 6) is 0. The van der Waals surface area contributed by atoms with Crippen molar-refractivity contribution in [2.45, 2.75) is 18.6 Å². The Hall–Kier alpha value is -0.203. The van der Waals surface area contributed by atoms with Gasteiger partial charge in [0, 0.05) is 27.4 Å². The van der Waals surface area contributed by atoms with Crippen LogP contribution in [0.5, 0.6) is 0 Å². The molecule has 0 radical (unpaired) electrons. The Kier molecular flexibility index (Phi) is 6.18. The predicted molar refractivity (Wildman–Crippen MR) is 52.4 cm³/mol. The molecule has 0 fully saturated rings. The molecule has 0 heterocycles. The minimum atomic E-state index is -2.62. The average Bonchev–Trinajstić information content (AvgIpc) is 2.15. The molecule has 4 nitrogen and oxygen atoms in total. The fourth-order valence-corrected chi connectivity index (χ4v) is 2.81. The van der Waals surface area contributed by atoms with Gasteiger partial charge in [0.2, 0.25) is 0 Å². The zero-order chi connectivity index (χ0) is 10.3. The number of rotatable bonds is 7. The van der Waals surface area contributed by atoms with E-state index >= 15 is 0 Å². The predicted octanol–water partition coefficient (Wildman–Crippen LogP) is 0.801. The Labute approximate surface area is 80.5 Å². The molecular weight excluding hydrogens is 188 g/mol. The second-order valence-electron chi connectivity index (χ2n) is 2.68. The molecule has 5 heteroatoms. The van der Waals surface area contributed by atoms with Crippen LogP contribution in [0.1, 0.15) is 6.42 Å². The minimum absolute atomic E-state index is 0.391. The number of aliphatic hydroxyl groups is 1. The second-order valence-corrected chi connectivity index (χ2v) is 5.68. The van der Waals surface area contributed by atoms with Crippen LogP contribution in [0, 0.1) is 0 Å². The Bertz CT molecular complexity index is 139. The number of hydrogen-bond donors (Lipinski definition) is 1. The van der Waals surface area contributed by atoms with E-state index in [0.717, 1.165) is 0 Å². The molecule has 0 aromatic rings. The highest BCUT2D eigenvalue weighted by atomic mass is 28.4. The van der Waals surface area contributed by atoms with Crippen LogP contribution < -0.4 is 0 Å². The average molecular weight is 206 g/mol. The van der Waals surface area contributed by atoms with Crippen molar-refractivity contribution in [2.75, 3.05) is 21.3 Å². The lowest BCUT2D eigenvalue weighted by Gasteiger charge is -2.26. The summed E-state index contributed by atoms with van der Waals surface area (Å²) < 4.78 is 15.5. The van der Waals surface area contributed by atoms with E-state index in [1.807, 2.05) is 0 Å². The zero-order valence-electron chi connectivity index (χ0n) is 8.45. The van der Waals surface area contributed by atoms with E-state index in [9.17, 15) is 5.11 Å². The molecule has 0 aliphatic rings. The van der Waals surface area contributed by atoms with E-state index in [0.29, 0.717) is 12.5 Å². The molecule has 0 aromatic carbocycles. The molecule has 0 saturated carbocycles. The molecular formula is C8H18O4Si. The summed E-state index contributed by atoms with van der Waals surface area (Å²) in [4.78, 5) is 0. The molecule has 1 unspecified atom stereocenters. The SMILES string of the molecule is C=CCC(O)C[Si](OC)(OC)OC. The van der Waals surface area contributed by atoms with Crippen LogP contribution >= 0.6 is 0 Å². The molecule has 0 amide bonds. The van der Waals surface area contributed by atoms with Gasteiger partial charge in [-0.05, 0) is 6.42 Å². The maximum atomic E-state index is 9.50. The Balaban J connectivity index is 4.14. The van der Waals surface area contributed by atoms with Crippen molar-refractivity contribution in [3.05, 3.63) is 12.7 Å². The molecule has 0 aliphatic heterocycles. The van der Waals surface area contributed by atoms with Gasteiger partial charge < -0.3 is 18.4 Å². The smallest absolute Gasteiger partial charge is 0.393 e. The first-order chi connectivity index (χ1) is 6.14. The van der Waals surface area contributed by atoms with Crippen molar-refractivity contribution in [1.82, 2.24) is 0 Å². The van der Waals surface area contributed by atoms with Crippen LogP contribution in [0.25, 0.3) is 0 Å². The molecule has 0 aliphatic carbocycles. The van der Waals surface area contributed by atoms with Crippen LogP contribution in [0.15, 0.2) is 12.7 Å². The van der Waals surface area contributed by atoms with E-state index < -0.39 is 14.9 Å². The van der Waals surface area contributed by atoms with E-state index in [1.165, 1.54) is 21.3 Å². The first-order valence-corrected chi connectivity index (χ1v) is 6.01. The third kappa shape index (κ3) is 4.01. The lowest BCUT2D eigenvalue weighted by Crippen LogP contribution is -2.45. The van der Waals surface area contributed by atoms with Crippen molar-refractivity contribution in [3.8, 4) is 0 Å². The summed E-state index contributed by atoms with van der Waals surface area (Å²) >= 11 is 0. The third-order valence-electron chi connectivity index (χ3n) is 1.86. The largest absolute Gasteiger partial charge is 0.502 e. The Morgan fingerprint density at radius 3 is 2.08 bits per heavy atom. The lowest BCUT2D eigenvalue weighted by atomic mass is 10.3. The quantitative estimate of drug-likeness (QED) is 0.494. The Morgan fingerprint density at radius 2 is 1.77 bits per heavy atom. The molecule has 0 aromatic heterocycles. The van der Waals surface area contributed by atoms with Gasteiger partial charge in [-0.2, -0.15) is 0 Å². The minimum Gasteiger partial charge on any atom is -0.393 e. The fraction of sp³-hybridized carbons (Fsp3) is 0.750. The van der Waals surface area contributed by atoms with Crippen LogP contribution in [0.4, 0.5) is 0 Å². The fourth-order valence-electron chi connectivity index (χ4n) is 1.06. The van der Waals surface area contributed by atoms with E-state index in [-0.39, 0.29) is 0 Å². The van der Waals surface area contributed by atoms with Gasteiger partial charge in [0.1, 0.15) is 0 Å². The van der Waals surface area contributed by atoms with E-state index in [2.05, 4.69) is 6.58 Å². The van der Waals surface area contributed by atoms with Crippen molar-refractivity contribution < 1.29 is 18.4 Å². The van der Waals surface area contributed by atoms with E-state index in [1.54, 1.807) is 6.08 Å². The summed E-state index contributed by atoms with van der Waals surface area (Å²) in [6.07, 6.45) is 1.67. The summed E-state index contributed by atoms with van der Waals surface area (Å²) in [5.41, 5.74) is 0. The maximum Gasteiger partial charge on any atom is 0.502 e. The highest BCUT2D eigenvalue weighted by Crippen LogP contribution is 2.16. The van der Waals surface area contributed by atoms with Gasteiger partial charge in [0.05, 0.1) is 6.10 Å². The second kappa shape index (κ2) is 6.28. The molecule has 0 bridgehead atoms. The van der Waals surface area contributed by atoms with Crippen molar-refractivity contribution in [3.63, 3.8) is 0 Å². The highest BCUT2D eigenvalue weighted by molar-refractivity contribution is 6.60. The van der Waals surface area contributed by atoms with Gasteiger partial charge in [-0.3, -0.25) is 0 Å². The summed E-state index contributed by atoms with van der Waals surface area (Å²) in [5, 5.41) is 9.50. The molecule has 13 heavy (non-hydrogen) atoms. The first kappa shape index (κ1) is 12.8. The van der Waals surface area contributed by atoms with Gasteiger partial charge in [0.25, 0.3) is 0 Å². The van der Waals surface area contributed by atoms with Gasteiger partial charge in [0.15, 0.2) is 0 Å². The normalized spacial score (nSPS) is 14.2. The molecule has 0 rings (SSSR count). The molecule has 1 atom stereocenters. The summed E-state index contributed by atoms with van der Waals surface area (Å²) in [6.45, 7) is 3.54. The molecule has 78 valence electrons. The highest BCUT2D eigenvalue weighted by Gasteiger charge is 2.39. The first-order valence-electron chi connectivity index (χ1n) is 4.08. The van der Waals surface area contributed by atoms with E-state index in [4.69, 9.17) is 13.3 Å². The Morgan fingerprint density at radius 1 is 1.31 bits per heavy atom. The molecule has 1 N–H and O–H groups in total. The molecule has 0 saturated heterocycles.